The molecule has 0 saturated carbocycles. The molecular weight excluding hydrogens is 280 g/mol. The maximum atomic E-state index is 11.9. The summed E-state index contributed by atoms with van der Waals surface area (Å²) in [5.74, 6) is 1.55. The van der Waals surface area contributed by atoms with Gasteiger partial charge in [0.1, 0.15) is 0 Å². The SMILES string of the molecule is CC(C)c1noc(CCCC(=O)N[C@@H](C)c2ccccn2)n1. The Balaban J connectivity index is 1.73. The molecule has 0 bridgehead atoms. The minimum Gasteiger partial charge on any atom is -0.348 e. The van der Waals surface area contributed by atoms with Gasteiger partial charge < -0.3 is 9.84 Å². The summed E-state index contributed by atoms with van der Waals surface area (Å²) in [6.45, 7) is 5.95. The quantitative estimate of drug-likeness (QED) is 0.850. The van der Waals surface area contributed by atoms with E-state index in [1.54, 1.807) is 6.20 Å². The number of rotatable bonds is 7. The number of hydrogen-bond donors (Lipinski definition) is 1. The van der Waals surface area contributed by atoms with Gasteiger partial charge in [-0.1, -0.05) is 25.1 Å². The first-order valence-corrected chi connectivity index (χ1v) is 7.59. The van der Waals surface area contributed by atoms with Gasteiger partial charge in [0, 0.05) is 25.0 Å². The summed E-state index contributed by atoms with van der Waals surface area (Å²) in [7, 11) is 0. The van der Waals surface area contributed by atoms with Crippen LogP contribution >= 0.6 is 0 Å². The summed E-state index contributed by atoms with van der Waals surface area (Å²) in [5.41, 5.74) is 0.856. The van der Waals surface area contributed by atoms with Crippen LogP contribution in [0.5, 0.6) is 0 Å². The average molecular weight is 302 g/mol. The molecular formula is C16H22N4O2. The molecule has 6 nitrogen and oxygen atoms in total. The Hall–Kier alpha value is -2.24. The molecule has 0 unspecified atom stereocenters. The molecule has 0 aromatic carbocycles. The van der Waals surface area contributed by atoms with Gasteiger partial charge in [-0.15, -0.1) is 0 Å². The van der Waals surface area contributed by atoms with Gasteiger partial charge >= 0.3 is 0 Å². The highest BCUT2D eigenvalue weighted by Crippen LogP contribution is 2.12. The first-order valence-electron chi connectivity index (χ1n) is 7.59. The average Bonchev–Trinajstić information content (AvgIpc) is 2.97. The van der Waals surface area contributed by atoms with E-state index in [-0.39, 0.29) is 17.9 Å². The second-order valence-corrected chi connectivity index (χ2v) is 5.60. The van der Waals surface area contributed by atoms with E-state index < -0.39 is 0 Å². The van der Waals surface area contributed by atoms with Crippen molar-refractivity contribution in [2.45, 2.75) is 52.0 Å². The van der Waals surface area contributed by atoms with Crippen LogP contribution in [0.15, 0.2) is 28.9 Å². The lowest BCUT2D eigenvalue weighted by molar-refractivity contribution is -0.121. The largest absolute Gasteiger partial charge is 0.348 e. The highest BCUT2D eigenvalue weighted by molar-refractivity contribution is 5.76. The fourth-order valence-corrected chi connectivity index (χ4v) is 2.02. The Morgan fingerprint density at radius 3 is 2.77 bits per heavy atom. The van der Waals surface area contributed by atoms with Crippen LogP contribution in [0.2, 0.25) is 0 Å². The van der Waals surface area contributed by atoms with Crippen LogP contribution in [0.4, 0.5) is 0 Å². The number of carbonyl (C=O) groups excluding carboxylic acids is 1. The number of carbonyl (C=O) groups is 1. The van der Waals surface area contributed by atoms with Gasteiger partial charge in [-0.25, -0.2) is 0 Å². The van der Waals surface area contributed by atoms with Crippen molar-refractivity contribution < 1.29 is 9.32 Å². The van der Waals surface area contributed by atoms with E-state index in [1.807, 2.05) is 39.0 Å². The molecule has 1 N–H and O–H groups in total. The van der Waals surface area contributed by atoms with Gasteiger partial charge in [0.25, 0.3) is 0 Å². The van der Waals surface area contributed by atoms with Gasteiger partial charge in [0.05, 0.1) is 11.7 Å². The normalized spacial score (nSPS) is 12.4. The van der Waals surface area contributed by atoms with E-state index in [1.165, 1.54) is 0 Å². The van der Waals surface area contributed by atoms with Crippen molar-refractivity contribution in [1.29, 1.82) is 0 Å². The number of pyridine rings is 1. The first kappa shape index (κ1) is 16.1. The lowest BCUT2D eigenvalue weighted by Gasteiger charge is -2.12. The lowest BCUT2D eigenvalue weighted by atomic mass is 10.2. The third-order valence-corrected chi connectivity index (χ3v) is 3.30. The number of nitrogens with one attached hydrogen (secondary N) is 1. The molecule has 2 heterocycles. The zero-order chi connectivity index (χ0) is 15.9. The number of aryl methyl sites for hydroxylation is 1. The fraction of sp³-hybridized carbons (Fsp3) is 0.500. The van der Waals surface area contributed by atoms with E-state index in [4.69, 9.17) is 4.52 Å². The van der Waals surface area contributed by atoms with Gasteiger partial charge in [0.2, 0.25) is 11.8 Å². The summed E-state index contributed by atoms with van der Waals surface area (Å²) < 4.78 is 5.16. The van der Waals surface area contributed by atoms with Crippen molar-refractivity contribution in [1.82, 2.24) is 20.4 Å². The molecule has 2 rings (SSSR count). The number of amides is 1. The Morgan fingerprint density at radius 2 is 2.14 bits per heavy atom. The van der Waals surface area contributed by atoms with E-state index in [2.05, 4.69) is 20.4 Å². The van der Waals surface area contributed by atoms with Gasteiger partial charge in [-0.3, -0.25) is 9.78 Å². The molecule has 6 heteroatoms. The van der Waals surface area contributed by atoms with Crippen LogP contribution in [0.1, 0.15) is 63.0 Å². The molecule has 0 fully saturated rings. The van der Waals surface area contributed by atoms with E-state index in [0.29, 0.717) is 31.0 Å². The Morgan fingerprint density at radius 1 is 1.32 bits per heavy atom. The highest BCUT2D eigenvalue weighted by atomic mass is 16.5. The van der Waals surface area contributed by atoms with Crippen LogP contribution < -0.4 is 5.32 Å². The number of hydrogen-bond acceptors (Lipinski definition) is 5. The maximum Gasteiger partial charge on any atom is 0.226 e. The number of aromatic nitrogens is 3. The molecule has 0 aliphatic heterocycles. The summed E-state index contributed by atoms with van der Waals surface area (Å²) >= 11 is 0. The van der Waals surface area contributed by atoms with Crippen LogP contribution in [-0.2, 0) is 11.2 Å². The zero-order valence-corrected chi connectivity index (χ0v) is 13.2. The van der Waals surface area contributed by atoms with Crippen molar-refractivity contribution in [3.63, 3.8) is 0 Å². The van der Waals surface area contributed by atoms with E-state index >= 15 is 0 Å². The van der Waals surface area contributed by atoms with E-state index in [9.17, 15) is 4.79 Å². The fourth-order valence-electron chi connectivity index (χ4n) is 2.02. The Kier molecular flexibility index (Phi) is 5.63. The van der Waals surface area contributed by atoms with Gasteiger partial charge in [0.15, 0.2) is 5.82 Å². The predicted octanol–water partition coefficient (Wildman–Crippen LogP) is 2.79. The molecule has 2 aromatic rings. The number of nitrogens with zero attached hydrogens (tertiary/aromatic N) is 3. The Labute approximate surface area is 130 Å². The zero-order valence-electron chi connectivity index (χ0n) is 13.2. The van der Waals surface area contributed by atoms with Gasteiger partial charge in [-0.2, -0.15) is 4.98 Å². The van der Waals surface area contributed by atoms with Crippen molar-refractivity contribution in [2.24, 2.45) is 0 Å². The maximum absolute atomic E-state index is 11.9. The standard InChI is InChI=1S/C16H22N4O2/c1-11(2)16-19-15(22-20-16)9-6-8-14(21)18-12(3)13-7-4-5-10-17-13/h4-5,7,10-12H,6,8-9H2,1-3H3,(H,18,21)/t12-/m0/s1. The molecule has 0 aliphatic carbocycles. The summed E-state index contributed by atoms with van der Waals surface area (Å²) in [5, 5.41) is 6.84. The van der Waals surface area contributed by atoms with Crippen molar-refractivity contribution in [3.05, 3.63) is 41.8 Å². The topological polar surface area (TPSA) is 80.9 Å². The molecule has 118 valence electrons. The monoisotopic (exact) mass is 302 g/mol. The van der Waals surface area contributed by atoms with E-state index in [0.717, 1.165) is 5.69 Å². The van der Waals surface area contributed by atoms with Crippen molar-refractivity contribution in [3.8, 4) is 0 Å². The molecule has 0 aliphatic rings. The summed E-state index contributed by atoms with van der Waals surface area (Å²) in [6, 6.07) is 5.57. The van der Waals surface area contributed by atoms with Crippen molar-refractivity contribution >= 4 is 5.91 Å². The minimum atomic E-state index is -0.0929. The predicted molar refractivity (Wildman–Crippen MR) is 82.1 cm³/mol. The molecule has 2 aromatic heterocycles. The summed E-state index contributed by atoms with van der Waals surface area (Å²) in [6.07, 6.45) is 3.45. The smallest absolute Gasteiger partial charge is 0.226 e. The first-order chi connectivity index (χ1) is 10.6. The molecule has 1 atom stereocenters. The second-order valence-electron chi connectivity index (χ2n) is 5.60. The molecule has 0 spiro atoms. The molecule has 22 heavy (non-hydrogen) atoms. The summed E-state index contributed by atoms with van der Waals surface area (Å²) in [4.78, 5) is 20.5. The molecule has 1 amide bonds. The highest BCUT2D eigenvalue weighted by Gasteiger charge is 2.12. The van der Waals surface area contributed by atoms with Crippen LogP contribution in [0.25, 0.3) is 0 Å². The van der Waals surface area contributed by atoms with Gasteiger partial charge in [-0.05, 0) is 25.5 Å². The lowest BCUT2D eigenvalue weighted by Crippen LogP contribution is -2.26. The van der Waals surface area contributed by atoms with Crippen LogP contribution in [0.3, 0.4) is 0 Å². The minimum absolute atomic E-state index is 0.00162. The molecule has 0 saturated heterocycles. The Bertz CT molecular complexity index is 595. The third-order valence-electron chi connectivity index (χ3n) is 3.30. The van der Waals surface area contributed by atoms with Crippen LogP contribution in [0, 0.1) is 0 Å². The third kappa shape index (κ3) is 4.65. The second kappa shape index (κ2) is 7.68. The molecule has 0 radical (unpaired) electrons. The van der Waals surface area contributed by atoms with Crippen LogP contribution in [-0.4, -0.2) is 21.0 Å². The van der Waals surface area contributed by atoms with Crippen molar-refractivity contribution in [2.75, 3.05) is 0 Å².